The van der Waals surface area contributed by atoms with Gasteiger partial charge in [-0.25, -0.2) is 8.42 Å². The average molecular weight is 735 g/mol. The van der Waals surface area contributed by atoms with Crippen LogP contribution in [0.1, 0.15) is 36.8 Å². The molecule has 4 rings (SSSR count). The Morgan fingerprint density at radius 3 is 1.90 bits per heavy atom. The molecule has 0 fully saturated rings. The van der Waals surface area contributed by atoms with E-state index in [-0.39, 0.29) is 79.7 Å². The van der Waals surface area contributed by atoms with E-state index >= 15 is 0 Å². The fraction of sp³-hybridized carbons (Fsp3) is 0.448. The van der Waals surface area contributed by atoms with Gasteiger partial charge in [-0.15, -0.1) is 0 Å². The van der Waals surface area contributed by atoms with Gasteiger partial charge in [0.1, 0.15) is 12.0 Å². The van der Waals surface area contributed by atoms with Crippen molar-refractivity contribution < 1.29 is 81.8 Å². The molecule has 0 radical (unpaired) electrons. The summed E-state index contributed by atoms with van der Waals surface area (Å²) in [6.07, 6.45) is -4.58. The maximum atomic E-state index is 13.6. The molecule has 0 aromatic heterocycles. The van der Waals surface area contributed by atoms with Crippen molar-refractivity contribution in [3.8, 4) is 0 Å². The second-order valence-corrected chi connectivity index (χ2v) is 14.3. The molecule has 2 aromatic carbocycles. The van der Waals surface area contributed by atoms with Crippen LogP contribution < -0.4 is 49.2 Å². The summed E-state index contributed by atoms with van der Waals surface area (Å²) in [5, 5.41) is 0. The maximum absolute atomic E-state index is 13.6. The summed E-state index contributed by atoms with van der Waals surface area (Å²) in [6, 6.07) is 6.52. The Balaban J connectivity index is 0.00000625. The smallest absolute Gasteiger partial charge is 0.748 e. The molecule has 2 aliphatic rings. The molecule has 0 bridgehead atoms. The number of nitrogens with zero attached hydrogens (tertiary/aromatic N) is 4. The molecule has 1 N–H and O–H groups in total. The number of halogens is 6. The van der Waals surface area contributed by atoms with E-state index in [9.17, 15) is 47.7 Å². The quantitative estimate of drug-likeness (QED) is 0.151. The first-order chi connectivity index (χ1) is 21.7. The minimum atomic E-state index is -4.62. The third kappa shape index (κ3) is 9.82. The van der Waals surface area contributed by atoms with Gasteiger partial charge in [0, 0.05) is 32.9 Å². The van der Waals surface area contributed by atoms with Gasteiger partial charge in [0.25, 0.3) is 10.1 Å². The zero-order chi connectivity index (χ0) is 34.9. The van der Waals surface area contributed by atoms with Crippen molar-refractivity contribution in [2.24, 2.45) is 0 Å². The van der Waals surface area contributed by atoms with Crippen LogP contribution in [0.4, 0.5) is 49.1 Å². The SMILES string of the molecule is CN1/C(=C/C=C\C2N(C)c3ccc(C(F)(F)F)cc3N2CCCCS(=O)(=O)[O-])N(CCCCS(=O)(=O)O)c2cc(C(F)(F)F)ccc21.[Na+]. The molecular formula is C29H33F6N4NaO6S2. The van der Waals surface area contributed by atoms with Crippen LogP contribution in [0.25, 0.3) is 0 Å². The van der Waals surface area contributed by atoms with E-state index in [1.807, 2.05) is 0 Å². The number of rotatable bonds is 12. The summed E-state index contributed by atoms with van der Waals surface area (Å²) in [4.78, 5) is 6.59. The molecule has 260 valence electrons. The second kappa shape index (κ2) is 15.2. The number of anilines is 4. The van der Waals surface area contributed by atoms with Crippen LogP contribution in [0.3, 0.4) is 0 Å². The Kier molecular flexibility index (Phi) is 12.6. The van der Waals surface area contributed by atoms with Gasteiger partial charge in [0.2, 0.25) is 0 Å². The fourth-order valence-electron chi connectivity index (χ4n) is 5.63. The normalized spacial score (nSPS) is 17.8. The molecule has 10 nitrogen and oxygen atoms in total. The average Bonchev–Trinajstić information content (AvgIpc) is 3.36. The summed E-state index contributed by atoms with van der Waals surface area (Å²) < 4.78 is 146. The van der Waals surface area contributed by atoms with Crippen LogP contribution in [-0.4, -0.2) is 70.8 Å². The molecule has 2 aromatic rings. The van der Waals surface area contributed by atoms with Gasteiger partial charge in [0.05, 0.1) is 49.7 Å². The Labute approximate surface area is 297 Å². The zero-order valence-corrected chi connectivity index (χ0v) is 29.9. The van der Waals surface area contributed by atoms with Gasteiger partial charge in [0.15, 0.2) is 0 Å². The summed E-state index contributed by atoms with van der Waals surface area (Å²) in [7, 11) is -5.42. The molecule has 1 atom stereocenters. The van der Waals surface area contributed by atoms with E-state index in [0.29, 0.717) is 17.2 Å². The molecule has 0 saturated heterocycles. The van der Waals surface area contributed by atoms with E-state index in [1.54, 1.807) is 51.9 Å². The van der Waals surface area contributed by atoms with Crippen molar-refractivity contribution >= 4 is 43.0 Å². The van der Waals surface area contributed by atoms with Crippen molar-refractivity contribution in [3.63, 3.8) is 0 Å². The topological polar surface area (TPSA) is 125 Å². The molecule has 19 heteroatoms. The van der Waals surface area contributed by atoms with Crippen LogP contribution in [0.5, 0.6) is 0 Å². The maximum Gasteiger partial charge on any atom is 1.00 e. The van der Waals surface area contributed by atoms with Gasteiger partial charge < -0.3 is 24.2 Å². The number of likely N-dealkylation sites (N-methyl/N-ethyl adjacent to an activating group) is 1. The predicted molar refractivity (Wildman–Crippen MR) is 165 cm³/mol. The van der Waals surface area contributed by atoms with Crippen LogP contribution in [0.2, 0.25) is 0 Å². The van der Waals surface area contributed by atoms with Crippen LogP contribution in [0.15, 0.2) is 60.4 Å². The summed E-state index contributed by atoms with van der Waals surface area (Å²) in [5.41, 5.74) is -0.353. The number of fused-ring (bicyclic) bond motifs is 2. The first-order valence-electron chi connectivity index (χ1n) is 14.4. The van der Waals surface area contributed by atoms with E-state index < -0.39 is 61.4 Å². The third-order valence-corrected chi connectivity index (χ3v) is 9.48. The van der Waals surface area contributed by atoms with Crippen molar-refractivity contribution in [2.75, 3.05) is 58.3 Å². The minimum absolute atomic E-state index is 0. The van der Waals surface area contributed by atoms with Gasteiger partial charge in [-0.05, 0) is 74.2 Å². The molecule has 0 spiro atoms. The number of hydrogen-bond acceptors (Lipinski definition) is 9. The van der Waals surface area contributed by atoms with Crippen LogP contribution >= 0.6 is 0 Å². The summed E-state index contributed by atoms with van der Waals surface area (Å²) >= 11 is 0. The monoisotopic (exact) mass is 734 g/mol. The van der Waals surface area contributed by atoms with Gasteiger partial charge in [-0.2, -0.15) is 34.8 Å². The molecule has 2 heterocycles. The molecule has 48 heavy (non-hydrogen) atoms. The molecule has 0 saturated carbocycles. The number of unbranched alkanes of at least 4 members (excludes halogenated alkanes) is 2. The molecule has 2 aliphatic heterocycles. The van der Waals surface area contributed by atoms with Crippen molar-refractivity contribution in [3.05, 3.63) is 71.6 Å². The van der Waals surface area contributed by atoms with E-state index in [1.165, 1.54) is 12.1 Å². The van der Waals surface area contributed by atoms with Crippen molar-refractivity contribution in [1.82, 2.24) is 0 Å². The first-order valence-corrected chi connectivity index (χ1v) is 17.6. The molecular weight excluding hydrogens is 701 g/mol. The standard InChI is InChI=1S/C29H34F6N4O6S2.Na/c1-36-22-12-10-20(28(30,31)32)18-24(22)38(14-3-5-16-46(40,41)42)26(36)8-7-9-27-37(2)23-13-11-21(29(33,34)35)19-25(23)39(27)15-4-6-17-47(43,44)45;/h7-13,18-19,26H,3-6,14-17H2,1-2H3,(H,40,41,42)(H,43,44,45);/q;+1/p-1/b8-7-,27-9-;. The summed E-state index contributed by atoms with van der Waals surface area (Å²) in [6.45, 7) is 0.225. The van der Waals surface area contributed by atoms with Crippen molar-refractivity contribution in [1.29, 1.82) is 0 Å². The van der Waals surface area contributed by atoms with E-state index in [0.717, 1.165) is 24.3 Å². The van der Waals surface area contributed by atoms with Crippen molar-refractivity contribution in [2.45, 2.75) is 44.2 Å². The van der Waals surface area contributed by atoms with Gasteiger partial charge in [-0.1, -0.05) is 6.08 Å². The molecule has 1 unspecified atom stereocenters. The molecule has 0 aliphatic carbocycles. The van der Waals surface area contributed by atoms with E-state index in [4.69, 9.17) is 4.55 Å². The number of allylic oxidation sites excluding steroid dienone is 2. The number of benzene rings is 2. The number of alkyl halides is 6. The Bertz CT molecular complexity index is 1750. The van der Waals surface area contributed by atoms with E-state index in [2.05, 4.69) is 0 Å². The Morgan fingerprint density at radius 2 is 1.33 bits per heavy atom. The van der Waals surface area contributed by atoms with Crippen LogP contribution in [-0.2, 0) is 32.6 Å². The number of hydrogen-bond donors (Lipinski definition) is 1. The Morgan fingerprint density at radius 1 is 0.792 bits per heavy atom. The fourth-order valence-corrected chi connectivity index (χ4v) is 6.76. The first kappa shape index (κ1) is 40.0. The third-order valence-electron chi connectivity index (χ3n) is 7.89. The van der Waals surface area contributed by atoms with Gasteiger partial charge >= 0.3 is 41.9 Å². The molecule has 0 amide bonds. The van der Waals surface area contributed by atoms with Crippen LogP contribution in [0, 0.1) is 0 Å². The van der Waals surface area contributed by atoms with Gasteiger partial charge in [-0.3, -0.25) is 4.55 Å². The predicted octanol–water partition coefficient (Wildman–Crippen LogP) is 2.66. The Hall–Kier alpha value is -2.48. The zero-order valence-electron chi connectivity index (χ0n) is 26.3. The minimum Gasteiger partial charge on any atom is -0.748 e. The second-order valence-electron chi connectivity index (χ2n) is 11.2. The summed E-state index contributed by atoms with van der Waals surface area (Å²) in [5.74, 6) is -0.708. The largest absolute Gasteiger partial charge is 1.00 e.